The first kappa shape index (κ1) is 17.4. The van der Waals surface area contributed by atoms with Crippen molar-refractivity contribution < 1.29 is 24.1 Å². The zero-order chi connectivity index (χ0) is 17.5. The minimum absolute atomic E-state index is 0.0402. The fraction of sp³-hybridized carbons (Fsp3) is 0.188. The molecule has 1 amide bonds. The van der Waals surface area contributed by atoms with E-state index in [2.05, 4.69) is 15.5 Å². The van der Waals surface area contributed by atoms with Crippen LogP contribution in [0.2, 0.25) is 0 Å². The summed E-state index contributed by atoms with van der Waals surface area (Å²) in [4.78, 5) is 15.5. The summed E-state index contributed by atoms with van der Waals surface area (Å²) in [6, 6.07) is 5.71. The third-order valence-corrected chi connectivity index (χ3v) is 3.11. The Morgan fingerprint density at radius 3 is 2.92 bits per heavy atom. The van der Waals surface area contributed by atoms with Gasteiger partial charge in [-0.1, -0.05) is 12.1 Å². The van der Waals surface area contributed by atoms with Crippen molar-refractivity contribution in [3.05, 3.63) is 53.1 Å². The van der Waals surface area contributed by atoms with Gasteiger partial charge in [-0.2, -0.15) is 5.10 Å². The Morgan fingerprint density at radius 1 is 1.46 bits per heavy atom. The number of benzene rings is 1. The highest BCUT2D eigenvalue weighted by Crippen LogP contribution is 2.21. The SMILES string of the molecule is Cc1ncc(CO)c(/C=N/NC(=O)COc2ccccc2F)c1O. The number of carbonyl (C=O) groups excluding carboxylic acids is 1. The van der Waals surface area contributed by atoms with Gasteiger partial charge in [0, 0.05) is 17.3 Å². The highest BCUT2D eigenvalue weighted by molar-refractivity contribution is 5.87. The average Bonchev–Trinajstić information content (AvgIpc) is 2.58. The van der Waals surface area contributed by atoms with E-state index in [1.54, 1.807) is 13.0 Å². The monoisotopic (exact) mass is 333 g/mol. The fourth-order valence-electron chi connectivity index (χ4n) is 1.83. The van der Waals surface area contributed by atoms with E-state index in [0.717, 1.165) is 0 Å². The van der Waals surface area contributed by atoms with Crippen LogP contribution in [0, 0.1) is 12.7 Å². The summed E-state index contributed by atoms with van der Waals surface area (Å²) in [5.41, 5.74) is 3.16. The first-order valence-electron chi connectivity index (χ1n) is 7.00. The number of hydrogen-bond donors (Lipinski definition) is 3. The minimum atomic E-state index is -0.606. The van der Waals surface area contributed by atoms with E-state index in [9.17, 15) is 19.4 Å². The van der Waals surface area contributed by atoms with Gasteiger partial charge in [0.25, 0.3) is 5.91 Å². The lowest BCUT2D eigenvalue weighted by atomic mass is 10.1. The van der Waals surface area contributed by atoms with E-state index in [1.165, 1.54) is 30.6 Å². The molecule has 8 heteroatoms. The fourth-order valence-corrected chi connectivity index (χ4v) is 1.83. The summed E-state index contributed by atoms with van der Waals surface area (Å²) in [7, 11) is 0. The summed E-state index contributed by atoms with van der Waals surface area (Å²) in [5, 5.41) is 22.8. The van der Waals surface area contributed by atoms with Crippen LogP contribution in [0.15, 0.2) is 35.6 Å². The van der Waals surface area contributed by atoms with Gasteiger partial charge in [0.05, 0.1) is 18.5 Å². The van der Waals surface area contributed by atoms with E-state index < -0.39 is 18.3 Å². The maximum atomic E-state index is 13.3. The van der Waals surface area contributed by atoms with Gasteiger partial charge in [0.15, 0.2) is 18.2 Å². The molecule has 0 spiro atoms. The molecule has 0 saturated carbocycles. The first-order valence-corrected chi connectivity index (χ1v) is 7.00. The second-order valence-electron chi connectivity index (χ2n) is 4.80. The topological polar surface area (TPSA) is 104 Å². The molecular weight excluding hydrogens is 317 g/mol. The third-order valence-electron chi connectivity index (χ3n) is 3.11. The lowest BCUT2D eigenvalue weighted by molar-refractivity contribution is -0.123. The maximum Gasteiger partial charge on any atom is 0.277 e. The number of aromatic nitrogens is 1. The third kappa shape index (κ3) is 4.26. The number of aliphatic hydroxyl groups excluding tert-OH is 1. The smallest absolute Gasteiger partial charge is 0.277 e. The summed E-state index contributed by atoms with van der Waals surface area (Å²) in [6.07, 6.45) is 2.59. The van der Waals surface area contributed by atoms with Gasteiger partial charge in [-0.3, -0.25) is 9.78 Å². The number of carbonyl (C=O) groups is 1. The lowest BCUT2D eigenvalue weighted by Crippen LogP contribution is -2.24. The summed E-state index contributed by atoms with van der Waals surface area (Å²) >= 11 is 0. The number of ether oxygens (including phenoxy) is 1. The molecule has 0 saturated heterocycles. The molecule has 0 fully saturated rings. The van der Waals surface area contributed by atoms with Gasteiger partial charge in [-0.05, 0) is 19.1 Å². The Labute approximate surface area is 137 Å². The van der Waals surface area contributed by atoms with Crippen LogP contribution < -0.4 is 10.2 Å². The highest BCUT2D eigenvalue weighted by atomic mass is 19.1. The van der Waals surface area contributed by atoms with Gasteiger partial charge >= 0.3 is 0 Å². The number of nitrogens with zero attached hydrogens (tertiary/aromatic N) is 2. The van der Waals surface area contributed by atoms with Crippen molar-refractivity contribution in [2.24, 2.45) is 5.10 Å². The molecule has 24 heavy (non-hydrogen) atoms. The number of aliphatic hydroxyl groups is 1. The number of nitrogens with one attached hydrogen (secondary N) is 1. The van der Waals surface area contributed by atoms with Crippen molar-refractivity contribution in [2.75, 3.05) is 6.61 Å². The molecule has 0 atom stereocenters. The molecule has 1 aromatic carbocycles. The predicted octanol–water partition coefficient (Wildman–Crippen LogP) is 1.26. The molecule has 0 aliphatic carbocycles. The molecule has 0 aliphatic rings. The van der Waals surface area contributed by atoms with E-state index in [-0.39, 0.29) is 23.7 Å². The number of aromatic hydroxyl groups is 1. The Balaban J connectivity index is 1.96. The number of amides is 1. The molecular formula is C16H16FN3O4. The Bertz CT molecular complexity index is 765. The van der Waals surface area contributed by atoms with Crippen molar-refractivity contribution in [1.29, 1.82) is 0 Å². The van der Waals surface area contributed by atoms with Gasteiger partial charge in [0.1, 0.15) is 5.75 Å². The summed E-state index contributed by atoms with van der Waals surface area (Å²) in [5.74, 6) is -1.35. The van der Waals surface area contributed by atoms with Crippen LogP contribution in [0.5, 0.6) is 11.5 Å². The molecule has 1 heterocycles. The number of hydrogen-bond acceptors (Lipinski definition) is 6. The van der Waals surface area contributed by atoms with Gasteiger partial charge in [-0.15, -0.1) is 0 Å². The van der Waals surface area contributed by atoms with Crippen molar-refractivity contribution in [3.63, 3.8) is 0 Å². The maximum absolute atomic E-state index is 13.3. The van der Waals surface area contributed by atoms with Crippen LogP contribution in [0.3, 0.4) is 0 Å². The molecule has 2 rings (SSSR count). The molecule has 0 radical (unpaired) electrons. The van der Waals surface area contributed by atoms with Crippen molar-refractivity contribution in [3.8, 4) is 11.5 Å². The van der Waals surface area contributed by atoms with Gasteiger partial charge in [0.2, 0.25) is 0 Å². The summed E-state index contributed by atoms with van der Waals surface area (Å²) in [6.45, 7) is 0.827. The minimum Gasteiger partial charge on any atom is -0.505 e. The number of pyridine rings is 1. The van der Waals surface area contributed by atoms with Crippen LogP contribution in [-0.2, 0) is 11.4 Å². The lowest BCUT2D eigenvalue weighted by Gasteiger charge is -2.07. The van der Waals surface area contributed by atoms with Crippen LogP contribution in [0.1, 0.15) is 16.8 Å². The molecule has 126 valence electrons. The zero-order valence-electron chi connectivity index (χ0n) is 12.9. The Morgan fingerprint density at radius 2 is 2.21 bits per heavy atom. The van der Waals surface area contributed by atoms with Crippen molar-refractivity contribution in [1.82, 2.24) is 10.4 Å². The number of halogens is 1. The number of rotatable bonds is 6. The van der Waals surface area contributed by atoms with Crippen molar-refractivity contribution in [2.45, 2.75) is 13.5 Å². The Kier molecular flexibility index (Phi) is 5.80. The second kappa shape index (κ2) is 8.02. The average molecular weight is 333 g/mol. The van der Waals surface area contributed by atoms with Crippen LogP contribution in [0.4, 0.5) is 4.39 Å². The summed E-state index contributed by atoms with van der Waals surface area (Å²) < 4.78 is 18.4. The molecule has 7 nitrogen and oxygen atoms in total. The van der Waals surface area contributed by atoms with Crippen LogP contribution >= 0.6 is 0 Å². The molecule has 2 aromatic rings. The number of para-hydroxylation sites is 1. The molecule has 0 aliphatic heterocycles. The largest absolute Gasteiger partial charge is 0.505 e. The second-order valence-corrected chi connectivity index (χ2v) is 4.80. The van der Waals surface area contributed by atoms with Crippen LogP contribution in [0.25, 0.3) is 0 Å². The van der Waals surface area contributed by atoms with Crippen LogP contribution in [-0.4, -0.2) is 33.9 Å². The molecule has 1 aromatic heterocycles. The van der Waals surface area contributed by atoms with Gasteiger partial charge in [-0.25, -0.2) is 9.82 Å². The standard InChI is InChI=1S/C16H16FN3O4/c1-10-16(23)12(11(8-21)6-18-10)7-19-20-15(22)9-24-14-5-3-2-4-13(14)17/h2-7,21,23H,8-9H2,1H3,(H,20,22)/b19-7+. The molecule has 3 N–H and O–H groups in total. The quantitative estimate of drug-likeness (QED) is 0.545. The number of hydrazone groups is 1. The first-order chi connectivity index (χ1) is 11.5. The van der Waals surface area contributed by atoms with E-state index >= 15 is 0 Å². The Hall–Kier alpha value is -3.00. The van der Waals surface area contributed by atoms with Gasteiger partial charge < -0.3 is 14.9 Å². The van der Waals surface area contributed by atoms with E-state index in [1.807, 2.05) is 0 Å². The normalized spacial score (nSPS) is 10.8. The predicted molar refractivity (Wildman–Crippen MR) is 84.2 cm³/mol. The van der Waals surface area contributed by atoms with E-state index in [0.29, 0.717) is 11.3 Å². The van der Waals surface area contributed by atoms with E-state index in [4.69, 9.17) is 4.74 Å². The highest BCUT2D eigenvalue weighted by Gasteiger charge is 2.10. The molecule has 0 bridgehead atoms. The number of aryl methyl sites for hydroxylation is 1. The molecule has 0 unspecified atom stereocenters. The zero-order valence-corrected chi connectivity index (χ0v) is 12.9. The van der Waals surface area contributed by atoms with Crippen molar-refractivity contribution >= 4 is 12.1 Å².